The van der Waals surface area contributed by atoms with Crippen LogP contribution in [0.2, 0.25) is 0 Å². The first-order valence-corrected chi connectivity index (χ1v) is 10.0. The molecule has 2 aliphatic heterocycles. The zero-order valence-corrected chi connectivity index (χ0v) is 15.7. The van der Waals surface area contributed by atoms with Gasteiger partial charge in [-0.2, -0.15) is 0 Å². The summed E-state index contributed by atoms with van der Waals surface area (Å²) in [6.07, 6.45) is 7.43. The Morgan fingerprint density at radius 3 is 2.54 bits per heavy atom. The minimum absolute atomic E-state index is 0.00760. The van der Waals surface area contributed by atoms with Crippen molar-refractivity contribution in [2.24, 2.45) is 0 Å². The van der Waals surface area contributed by atoms with E-state index >= 15 is 0 Å². The Kier molecular flexibility index (Phi) is 7.06. The lowest BCUT2D eigenvalue weighted by molar-refractivity contribution is -0.139. The van der Waals surface area contributed by atoms with Crippen LogP contribution in [-0.4, -0.2) is 60.4 Å². The second-order valence-corrected chi connectivity index (χ2v) is 7.59. The maximum atomic E-state index is 12.6. The molecule has 3 rings (SSSR count). The molecule has 0 spiro atoms. The fraction of sp³-hybridized carbons (Fsp3) is 0.619. The number of hydrogen-bond donors (Lipinski definition) is 1. The molecule has 1 aromatic rings. The Hall–Kier alpha value is -1.88. The monoisotopic (exact) mass is 357 g/mol. The SMILES string of the molecule is O=C1CN(C(=O)CCCN2CCCCCC2)C[C@H](Cc2ccccc2)N1. The number of carbonyl (C=O) groups excluding carboxylic acids is 2. The largest absolute Gasteiger partial charge is 0.350 e. The van der Waals surface area contributed by atoms with Crippen LogP contribution >= 0.6 is 0 Å². The van der Waals surface area contributed by atoms with Crippen molar-refractivity contribution in [3.63, 3.8) is 0 Å². The first kappa shape index (κ1) is 18.9. The van der Waals surface area contributed by atoms with Gasteiger partial charge in [-0.25, -0.2) is 0 Å². The molecule has 0 aromatic heterocycles. The highest BCUT2D eigenvalue weighted by Gasteiger charge is 2.27. The molecule has 1 aromatic carbocycles. The Balaban J connectivity index is 1.44. The quantitative estimate of drug-likeness (QED) is 0.849. The molecular weight excluding hydrogens is 326 g/mol. The van der Waals surface area contributed by atoms with Crippen molar-refractivity contribution in [1.82, 2.24) is 15.1 Å². The molecule has 2 aliphatic rings. The summed E-state index contributed by atoms with van der Waals surface area (Å²) in [6.45, 7) is 4.15. The van der Waals surface area contributed by atoms with Crippen molar-refractivity contribution in [3.8, 4) is 0 Å². The number of benzene rings is 1. The van der Waals surface area contributed by atoms with Crippen molar-refractivity contribution < 1.29 is 9.59 Å². The van der Waals surface area contributed by atoms with E-state index in [0.29, 0.717) is 13.0 Å². The van der Waals surface area contributed by atoms with Crippen LogP contribution in [0.4, 0.5) is 0 Å². The minimum atomic E-state index is -0.0435. The zero-order valence-electron chi connectivity index (χ0n) is 15.7. The van der Waals surface area contributed by atoms with E-state index in [1.165, 1.54) is 44.3 Å². The average molecular weight is 357 g/mol. The molecule has 1 N–H and O–H groups in total. The Bertz CT molecular complexity index is 582. The maximum Gasteiger partial charge on any atom is 0.239 e. The second-order valence-electron chi connectivity index (χ2n) is 7.59. The lowest BCUT2D eigenvalue weighted by atomic mass is 10.0. The molecule has 1 atom stereocenters. The highest BCUT2D eigenvalue weighted by atomic mass is 16.2. The summed E-state index contributed by atoms with van der Waals surface area (Å²) >= 11 is 0. The van der Waals surface area contributed by atoms with Crippen LogP contribution in [0.15, 0.2) is 30.3 Å². The fourth-order valence-electron chi connectivity index (χ4n) is 4.00. The average Bonchev–Trinajstić information content (AvgIpc) is 2.91. The Morgan fingerprint density at radius 2 is 1.81 bits per heavy atom. The van der Waals surface area contributed by atoms with Crippen molar-refractivity contribution in [2.45, 2.75) is 51.0 Å². The molecule has 2 amide bonds. The summed E-state index contributed by atoms with van der Waals surface area (Å²) in [7, 11) is 0. The Morgan fingerprint density at radius 1 is 1.08 bits per heavy atom. The third-order valence-corrected chi connectivity index (χ3v) is 5.38. The number of piperazine rings is 1. The molecule has 0 unspecified atom stereocenters. The number of hydrogen-bond acceptors (Lipinski definition) is 3. The van der Waals surface area contributed by atoms with Gasteiger partial charge in [0.2, 0.25) is 11.8 Å². The minimum Gasteiger partial charge on any atom is -0.350 e. The lowest BCUT2D eigenvalue weighted by Gasteiger charge is -2.33. The topological polar surface area (TPSA) is 52.7 Å². The summed E-state index contributed by atoms with van der Waals surface area (Å²) in [6, 6.07) is 10.1. The van der Waals surface area contributed by atoms with Gasteiger partial charge in [-0.05, 0) is 50.9 Å². The molecule has 26 heavy (non-hydrogen) atoms. The maximum absolute atomic E-state index is 12.6. The first-order chi connectivity index (χ1) is 12.7. The molecule has 2 heterocycles. The van der Waals surface area contributed by atoms with E-state index in [1.54, 1.807) is 4.90 Å². The van der Waals surface area contributed by atoms with Gasteiger partial charge in [0.25, 0.3) is 0 Å². The molecule has 5 nitrogen and oxygen atoms in total. The van der Waals surface area contributed by atoms with Crippen molar-refractivity contribution in [1.29, 1.82) is 0 Å². The lowest BCUT2D eigenvalue weighted by Crippen LogP contribution is -2.56. The smallest absolute Gasteiger partial charge is 0.239 e. The van der Waals surface area contributed by atoms with Crippen LogP contribution in [0, 0.1) is 0 Å². The zero-order chi connectivity index (χ0) is 18.2. The van der Waals surface area contributed by atoms with E-state index in [9.17, 15) is 9.59 Å². The van der Waals surface area contributed by atoms with Crippen LogP contribution in [0.3, 0.4) is 0 Å². The highest BCUT2D eigenvalue weighted by molar-refractivity contribution is 5.86. The van der Waals surface area contributed by atoms with Gasteiger partial charge in [0.15, 0.2) is 0 Å². The van der Waals surface area contributed by atoms with Crippen molar-refractivity contribution in [2.75, 3.05) is 32.7 Å². The fourth-order valence-corrected chi connectivity index (χ4v) is 4.00. The number of amides is 2. The van der Waals surface area contributed by atoms with Crippen LogP contribution in [0.5, 0.6) is 0 Å². The first-order valence-electron chi connectivity index (χ1n) is 10.0. The van der Waals surface area contributed by atoms with Crippen LogP contribution in [0.1, 0.15) is 44.1 Å². The van der Waals surface area contributed by atoms with Gasteiger partial charge in [-0.15, -0.1) is 0 Å². The third kappa shape index (κ3) is 5.84. The second kappa shape index (κ2) is 9.72. The summed E-state index contributed by atoms with van der Waals surface area (Å²) in [5.41, 5.74) is 1.19. The molecule has 0 bridgehead atoms. The van der Waals surface area contributed by atoms with E-state index in [-0.39, 0.29) is 24.4 Å². The van der Waals surface area contributed by atoms with E-state index in [1.807, 2.05) is 18.2 Å². The molecular formula is C21H31N3O2. The summed E-state index contributed by atoms with van der Waals surface area (Å²) in [5.74, 6) is 0.0748. The van der Waals surface area contributed by atoms with Gasteiger partial charge < -0.3 is 15.1 Å². The molecule has 2 fully saturated rings. The molecule has 5 heteroatoms. The summed E-state index contributed by atoms with van der Waals surface area (Å²) < 4.78 is 0. The van der Waals surface area contributed by atoms with E-state index in [4.69, 9.17) is 0 Å². The molecule has 2 saturated heterocycles. The van der Waals surface area contributed by atoms with Gasteiger partial charge in [0.05, 0.1) is 12.6 Å². The van der Waals surface area contributed by atoms with Gasteiger partial charge in [-0.1, -0.05) is 43.2 Å². The van der Waals surface area contributed by atoms with Gasteiger partial charge in [-0.3, -0.25) is 9.59 Å². The molecule has 0 radical (unpaired) electrons. The molecule has 0 saturated carbocycles. The Labute approximate surface area is 156 Å². The number of rotatable bonds is 6. The van der Waals surface area contributed by atoms with Gasteiger partial charge in [0.1, 0.15) is 0 Å². The summed E-state index contributed by atoms with van der Waals surface area (Å²) in [4.78, 5) is 28.8. The highest BCUT2D eigenvalue weighted by Crippen LogP contribution is 2.12. The van der Waals surface area contributed by atoms with E-state index in [2.05, 4.69) is 22.3 Å². The van der Waals surface area contributed by atoms with E-state index < -0.39 is 0 Å². The molecule has 142 valence electrons. The van der Waals surface area contributed by atoms with Gasteiger partial charge >= 0.3 is 0 Å². The summed E-state index contributed by atoms with van der Waals surface area (Å²) in [5, 5.41) is 3.02. The standard InChI is InChI=1S/C21H31N3O2/c25-20-17-24(16-19(22-20)15-18-9-4-3-5-10-18)21(26)11-8-14-23-12-6-1-2-7-13-23/h3-5,9-10,19H,1-2,6-8,11-17H2,(H,22,25)/t19-/m0/s1. The van der Waals surface area contributed by atoms with Crippen LogP contribution in [0.25, 0.3) is 0 Å². The normalized spacial score (nSPS) is 21.9. The van der Waals surface area contributed by atoms with Crippen LogP contribution < -0.4 is 5.32 Å². The van der Waals surface area contributed by atoms with Crippen molar-refractivity contribution >= 4 is 11.8 Å². The number of nitrogens with zero attached hydrogens (tertiary/aromatic N) is 2. The molecule has 0 aliphatic carbocycles. The predicted molar refractivity (Wildman–Crippen MR) is 103 cm³/mol. The number of nitrogens with one attached hydrogen (secondary N) is 1. The predicted octanol–water partition coefficient (Wildman–Crippen LogP) is 2.21. The number of likely N-dealkylation sites (tertiary alicyclic amines) is 1. The van der Waals surface area contributed by atoms with Gasteiger partial charge in [0, 0.05) is 13.0 Å². The number of carbonyl (C=O) groups is 2. The third-order valence-electron chi connectivity index (χ3n) is 5.38. The van der Waals surface area contributed by atoms with E-state index in [0.717, 1.165) is 19.4 Å². The van der Waals surface area contributed by atoms with Crippen molar-refractivity contribution in [3.05, 3.63) is 35.9 Å². The van der Waals surface area contributed by atoms with Crippen LogP contribution in [-0.2, 0) is 16.0 Å².